The predicted octanol–water partition coefficient (Wildman–Crippen LogP) is 1.92. The summed E-state index contributed by atoms with van der Waals surface area (Å²) >= 11 is 0. The van der Waals surface area contributed by atoms with Crippen molar-refractivity contribution < 1.29 is 4.79 Å². The number of rotatable bonds is 3. The molecule has 0 radical (unpaired) electrons. The van der Waals surface area contributed by atoms with Crippen molar-refractivity contribution >= 4 is 5.91 Å². The normalized spacial score (nSPS) is 37.0. The summed E-state index contributed by atoms with van der Waals surface area (Å²) in [6.45, 7) is 0. The lowest BCUT2D eigenvalue weighted by atomic mass is 9.81. The Kier molecular flexibility index (Phi) is 3.12. The molecule has 2 bridgehead atoms. The molecule has 2 heterocycles. The molecule has 3 fully saturated rings. The lowest BCUT2D eigenvalue weighted by Crippen LogP contribution is -2.57. The van der Waals surface area contributed by atoms with Crippen LogP contribution in [0.1, 0.15) is 51.4 Å². The lowest BCUT2D eigenvalue weighted by Gasteiger charge is -2.49. The summed E-state index contributed by atoms with van der Waals surface area (Å²) in [5.41, 5.74) is 0. The number of nitrogens with one attached hydrogen (secondary N) is 1. The molecule has 17 heavy (non-hydrogen) atoms. The Morgan fingerprint density at radius 3 is 2.35 bits per heavy atom. The molecule has 3 nitrogen and oxygen atoms in total. The molecule has 2 atom stereocenters. The van der Waals surface area contributed by atoms with Crippen LogP contribution in [0.2, 0.25) is 0 Å². The van der Waals surface area contributed by atoms with Gasteiger partial charge in [-0.3, -0.25) is 4.79 Å². The van der Waals surface area contributed by atoms with Crippen LogP contribution in [0, 0.1) is 5.92 Å². The van der Waals surface area contributed by atoms with Gasteiger partial charge in [0.25, 0.3) is 0 Å². The van der Waals surface area contributed by atoms with E-state index in [0.29, 0.717) is 24.0 Å². The number of nitrogens with zero attached hydrogens (tertiary/aromatic N) is 1. The molecule has 1 saturated carbocycles. The Morgan fingerprint density at radius 2 is 1.82 bits per heavy atom. The van der Waals surface area contributed by atoms with E-state index >= 15 is 0 Å². The van der Waals surface area contributed by atoms with E-state index in [2.05, 4.69) is 17.3 Å². The Hall–Kier alpha value is -0.570. The van der Waals surface area contributed by atoms with Crippen LogP contribution in [0.5, 0.6) is 0 Å². The van der Waals surface area contributed by atoms with Crippen LogP contribution < -0.4 is 5.32 Å². The van der Waals surface area contributed by atoms with Gasteiger partial charge < -0.3 is 10.2 Å². The van der Waals surface area contributed by atoms with Crippen molar-refractivity contribution in [1.29, 1.82) is 0 Å². The van der Waals surface area contributed by atoms with E-state index in [-0.39, 0.29) is 0 Å². The van der Waals surface area contributed by atoms with Crippen LogP contribution >= 0.6 is 0 Å². The van der Waals surface area contributed by atoms with Crippen LogP contribution in [0.3, 0.4) is 0 Å². The van der Waals surface area contributed by atoms with Crippen molar-refractivity contribution in [2.24, 2.45) is 5.92 Å². The smallest absolute Gasteiger partial charge is 0.223 e. The van der Waals surface area contributed by atoms with Gasteiger partial charge in [0, 0.05) is 24.5 Å². The molecular weight excluding hydrogens is 212 g/mol. The maximum Gasteiger partial charge on any atom is 0.223 e. The number of piperidine rings is 2. The highest BCUT2D eigenvalue weighted by Gasteiger charge is 2.41. The molecule has 2 aliphatic heterocycles. The zero-order chi connectivity index (χ0) is 11.8. The minimum Gasteiger partial charge on any atom is -0.337 e. The molecule has 2 saturated heterocycles. The summed E-state index contributed by atoms with van der Waals surface area (Å²) in [5, 5.41) is 3.41. The molecule has 1 amide bonds. The fourth-order valence-electron chi connectivity index (χ4n) is 3.70. The van der Waals surface area contributed by atoms with E-state index in [0.717, 1.165) is 12.3 Å². The standard InChI is InChI=1S/C14H24N2O/c1-15-11-8-12-3-2-4-13(9-11)16(12)14(17)7-10-5-6-10/h10-13,15H,2-9H2,1H3. The first-order chi connectivity index (χ1) is 8.28. The van der Waals surface area contributed by atoms with Crippen molar-refractivity contribution in [2.45, 2.75) is 69.5 Å². The maximum atomic E-state index is 12.4. The second-order valence-corrected chi connectivity index (χ2v) is 6.14. The maximum absolute atomic E-state index is 12.4. The third kappa shape index (κ3) is 2.35. The van der Waals surface area contributed by atoms with Crippen LogP contribution in [-0.2, 0) is 4.79 Å². The van der Waals surface area contributed by atoms with Crippen LogP contribution in [-0.4, -0.2) is 36.0 Å². The van der Waals surface area contributed by atoms with Gasteiger partial charge in [0.15, 0.2) is 0 Å². The van der Waals surface area contributed by atoms with E-state index in [4.69, 9.17) is 0 Å². The minimum absolute atomic E-state index is 0.455. The molecule has 3 aliphatic rings. The number of hydrogen-bond donors (Lipinski definition) is 1. The molecule has 0 aromatic rings. The molecule has 1 aliphatic carbocycles. The zero-order valence-electron chi connectivity index (χ0n) is 10.8. The van der Waals surface area contributed by atoms with Crippen molar-refractivity contribution in [3.05, 3.63) is 0 Å². The quantitative estimate of drug-likeness (QED) is 0.812. The van der Waals surface area contributed by atoms with Crippen molar-refractivity contribution in [3.8, 4) is 0 Å². The second kappa shape index (κ2) is 4.60. The van der Waals surface area contributed by atoms with Crippen LogP contribution in [0.15, 0.2) is 0 Å². The Labute approximate surface area is 104 Å². The first-order valence-electron chi connectivity index (χ1n) is 7.26. The summed E-state index contributed by atoms with van der Waals surface area (Å²) < 4.78 is 0. The van der Waals surface area contributed by atoms with Gasteiger partial charge in [0.1, 0.15) is 0 Å². The summed E-state index contributed by atoms with van der Waals surface area (Å²) in [4.78, 5) is 14.6. The fraction of sp³-hybridized carbons (Fsp3) is 0.929. The van der Waals surface area contributed by atoms with Crippen molar-refractivity contribution in [3.63, 3.8) is 0 Å². The predicted molar refractivity (Wildman–Crippen MR) is 67.7 cm³/mol. The van der Waals surface area contributed by atoms with Gasteiger partial charge in [-0.2, -0.15) is 0 Å². The summed E-state index contributed by atoms with van der Waals surface area (Å²) in [6, 6.07) is 1.70. The largest absolute Gasteiger partial charge is 0.337 e. The molecule has 96 valence electrons. The van der Waals surface area contributed by atoms with Gasteiger partial charge in [0.05, 0.1) is 0 Å². The highest BCUT2D eigenvalue weighted by atomic mass is 16.2. The van der Waals surface area contributed by atoms with Gasteiger partial charge in [-0.1, -0.05) is 0 Å². The number of amides is 1. The van der Waals surface area contributed by atoms with Crippen LogP contribution in [0.4, 0.5) is 0 Å². The molecule has 0 spiro atoms. The molecule has 1 N–H and O–H groups in total. The third-order valence-electron chi connectivity index (χ3n) is 4.83. The van der Waals surface area contributed by atoms with E-state index in [1.807, 2.05) is 0 Å². The van der Waals surface area contributed by atoms with E-state index in [9.17, 15) is 4.79 Å². The second-order valence-electron chi connectivity index (χ2n) is 6.14. The lowest BCUT2D eigenvalue weighted by molar-refractivity contribution is -0.141. The first kappa shape index (κ1) is 11.5. The average molecular weight is 236 g/mol. The van der Waals surface area contributed by atoms with E-state index in [1.165, 1.54) is 44.9 Å². The highest BCUT2D eigenvalue weighted by Crippen LogP contribution is 2.38. The van der Waals surface area contributed by atoms with Gasteiger partial charge in [-0.15, -0.1) is 0 Å². The summed E-state index contributed by atoms with van der Waals surface area (Å²) in [7, 11) is 2.06. The molecular formula is C14H24N2O. The SMILES string of the molecule is CNC1CC2CCCC(C1)N2C(=O)CC1CC1. The van der Waals surface area contributed by atoms with Crippen LogP contribution in [0.25, 0.3) is 0 Å². The molecule has 3 rings (SSSR count). The first-order valence-corrected chi connectivity index (χ1v) is 7.26. The van der Waals surface area contributed by atoms with Gasteiger partial charge in [-0.25, -0.2) is 0 Å². The summed E-state index contributed by atoms with van der Waals surface area (Å²) in [6.07, 6.45) is 9.52. The Bertz CT molecular complexity index is 287. The Morgan fingerprint density at radius 1 is 1.18 bits per heavy atom. The average Bonchev–Trinajstić information content (AvgIpc) is 3.11. The van der Waals surface area contributed by atoms with Gasteiger partial charge >= 0.3 is 0 Å². The number of carbonyl (C=O) groups is 1. The number of hydrogen-bond acceptors (Lipinski definition) is 2. The minimum atomic E-state index is 0.455. The molecule has 0 aromatic heterocycles. The fourth-order valence-corrected chi connectivity index (χ4v) is 3.70. The topological polar surface area (TPSA) is 32.3 Å². The third-order valence-corrected chi connectivity index (χ3v) is 4.83. The highest BCUT2D eigenvalue weighted by molar-refractivity contribution is 5.77. The van der Waals surface area contributed by atoms with Crippen molar-refractivity contribution in [2.75, 3.05) is 7.05 Å². The molecule has 2 unspecified atom stereocenters. The van der Waals surface area contributed by atoms with Crippen molar-refractivity contribution in [1.82, 2.24) is 10.2 Å². The number of carbonyl (C=O) groups excluding carboxylic acids is 1. The zero-order valence-corrected chi connectivity index (χ0v) is 10.8. The van der Waals surface area contributed by atoms with E-state index in [1.54, 1.807) is 0 Å². The van der Waals surface area contributed by atoms with Gasteiger partial charge in [0.2, 0.25) is 5.91 Å². The van der Waals surface area contributed by atoms with Gasteiger partial charge in [-0.05, 0) is 57.9 Å². The van der Waals surface area contributed by atoms with E-state index < -0.39 is 0 Å². The molecule has 3 heteroatoms. The Balaban J connectivity index is 1.68. The number of fused-ring (bicyclic) bond motifs is 2. The summed E-state index contributed by atoms with van der Waals surface area (Å²) in [5.74, 6) is 1.18. The molecule has 0 aromatic carbocycles. The monoisotopic (exact) mass is 236 g/mol.